The van der Waals surface area contributed by atoms with Gasteiger partial charge in [0.15, 0.2) is 0 Å². The Labute approximate surface area is 117 Å². The van der Waals surface area contributed by atoms with Gasteiger partial charge in [0.2, 0.25) is 10.9 Å². The Morgan fingerprint density at radius 3 is 2.95 bits per heavy atom. The fourth-order valence-electron chi connectivity index (χ4n) is 2.25. The molecule has 2 N–H and O–H groups in total. The lowest BCUT2D eigenvalue weighted by atomic mass is 10.2. The summed E-state index contributed by atoms with van der Waals surface area (Å²) in [4.78, 5) is 11.5. The average Bonchev–Trinajstić information content (AvgIpc) is 3.08. The largest absolute Gasteiger partial charge is 0.460 e. The summed E-state index contributed by atoms with van der Waals surface area (Å²) in [6, 6.07) is 2.36. The summed E-state index contributed by atoms with van der Waals surface area (Å²) < 4.78 is 36.1. The second kappa shape index (κ2) is 5.94. The maximum Gasteiger partial charge on any atom is 0.374 e. The van der Waals surface area contributed by atoms with Gasteiger partial charge in [0.05, 0.1) is 6.61 Å². The van der Waals surface area contributed by atoms with E-state index in [4.69, 9.17) is 14.9 Å². The van der Waals surface area contributed by atoms with Crippen molar-refractivity contribution in [1.29, 1.82) is 0 Å². The molecule has 0 spiro atoms. The summed E-state index contributed by atoms with van der Waals surface area (Å²) >= 11 is 0. The van der Waals surface area contributed by atoms with E-state index < -0.39 is 16.0 Å². The first-order valence-electron chi connectivity index (χ1n) is 6.49. The number of sulfonamides is 1. The second-order valence-corrected chi connectivity index (χ2v) is 6.31. The molecule has 1 atom stereocenters. The van der Waals surface area contributed by atoms with Crippen LogP contribution in [0, 0.1) is 0 Å². The zero-order valence-electron chi connectivity index (χ0n) is 11.2. The van der Waals surface area contributed by atoms with E-state index in [1.807, 2.05) is 0 Å². The molecule has 1 aromatic rings. The lowest BCUT2D eigenvalue weighted by Crippen LogP contribution is -2.39. The Hall–Kier alpha value is -1.38. The molecule has 2 heterocycles. The highest BCUT2D eigenvalue weighted by Gasteiger charge is 2.36. The van der Waals surface area contributed by atoms with E-state index in [1.165, 1.54) is 16.4 Å². The summed E-state index contributed by atoms with van der Waals surface area (Å²) in [6.45, 7) is 2.54. The molecule has 1 unspecified atom stereocenters. The predicted octanol–water partition coefficient (Wildman–Crippen LogP) is 0.568. The molecule has 0 saturated carbocycles. The summed E-state index contributed by atoms with van der Waals surface area (Å²) in [5.41, 5.74) is 5.58. The smallest absolute Gasteiger partial charge is 0.374 e. The molecule has 0 aliphatic carbocycles. The molecule has 1 aliphatic rings. The number of rotatable bonds is 5. The third kappa shape index (κ3) is 2.72. The molecule has 1 aliphatic heterocycles. The van der Waals surface area contributed by atoms with Gasteiger partial charge in [-0.2, -0.15) is 4.31 Å². The van der Waals surface area contributed by atoms with Gasteiger partial charge in [-0.05, 0) is 31.9 Å². The molecule has 1 saturated heterocycles. The van der Waals surface area contributed by atoms with Gasteiger partial charge in [0, 0.05) is 19.1 Å². The molecule has 0 aromatic carbocycles. The van der Waals surface area contributed by atoms with Crippen molar-refractivity contribution in [2.45, 2.75) is 30.9 Å². The Balaban J connectivity index is 2.24. The van der Waals surface area contributed by atoms with Crippen LogP contribution in [-0.4, -0.2) is 44.4 Å². The van der Waals surface area contributed by atoms with E-state index in [9.17, 15) is 13.2 Å². The molecule has 1 aromatic heterocycles. The molecular weight excluding hydrogens is 284 g/mol. The Kier molecular flexibility index (Phi) is 4.46. The molecule has 7 nitrogen and oxygen atoms in total. The predicted molar refractivity (Wildman–Crippen MR) is 70.6 cm³/mol. The highest BCUT2D eigenvalue weighted by atomic mass is 32.2. The van der Waals surface area contributed by atoms with E-state index in [1.54, 1.807) is 6.92 Å². The molecule has 112 valence electrons. The van der Waals surface area contributed by atoms with Gasteiger partial charge < -0.3 is 14.9 Å². The number of carbonyl (C=O) groups is 1. The lowest BCUT2D eigenvalue weighted by molar-refractivity contribution is 0.0483. The SMILES string of the molecule is CCOC(=O)c1ccc(S(=O)(=O)N2CCCC2CN)o1. The number of nitrogens with zero attached hydrogens (tertiary/aromatic N) is 1. The Morgan fingerprint density at radius 1 is 1.55 bits per heavy atom. The zero-order valence-corrected chi connectivity index (χ0v) is 12.1. The van der Waals surface area contributed by atoms with Crippen molar-refractivity contribution in [2.24, 2.45) is 5.73 Å². The van der Waals surface area contributed by atoms with Crippen LogP contribution >= 0.6 is 0 Å². The monoisotopic (exact) mass is 302 g/mol. The lowest BCUT2D eigenvalue weighted by Gasteiger charge is -2.21. The van der Waals surface area contributed by atoms with Crippen LogP contribution in [0.4, 0.5) is 0 Å². The normalized spacial score (nSPS) is 20.2. The van der Waals surface area contributed by atoms with Crippen LogP contribution in [0.5, 0.6) is 0 Å². The zero-order chi connectivity index (χ0) is 14.8. The van der Waals surface area contributed by atoms with Crippen molar-refractivity contribution >= 4 is 16.0 Å². The molecule has 0 bridgehead atoms. The number of ether oxygens (including phenoxy) is 1. The Morgan fingerprint density at radius 2 is 2.30 bits per heavy atom. The summed E-state index contributed by atoms with van der Waals surface area (Å²) in [6.07, 6.45) is 1.51. The van der Waals surface area contributed by atoms with E-state index in [0.29, 0.717) is 6.54 Å². The van der Waals surface area contributed by atoms with Crippen LogP contribution in [0.3, 0.4) is 0 Å². The first-order valence-corrected chi connectivity index (χ1v) is 7.93. The van der Waals surface area contributed by atoms with Crippen LogP contribution < -0.4 is 5.73 Å². The average molecular weight is 302 g/mol. The number of carbonyl (C=O) groups excluding carboxylic acids is 1. The molecule has 0 amide bonds. The number of furan rings is 1. The standard InChI is InChI=1S/C12H18N2O5S/c1-2-18-12(15)10-5-6-11(19-10)20(16,17)14-7-3-4-9(14)8-13/h5-6,9H,2-4,7-8,13H2,1H3. The maximum atomic E-state index is 12.4. The third-order valence-corrected chi connectivity index (χ3v) is 5.04. The number of nitrogens with two attached hydrogens (primary N) is 1. The summed E-state index contributed by atoms with van der Waals surface area (Å²) in [5.74, 6) is -0.792. The molecule has 20 heavy (non-hydrogen) atoms. The minimum absolute atomic E-state index is 0.117. The second-order valence-electron chi connectivity index (χ2n) is 4.49. The fraction of sp³-hybridized carbons (Fsp3) is 0.583. The van der Waals surface area contributed by atoms with Crippen molar-refractivity contribution in [1.82, 2.24) is 4.31 Å². The van der Waals surface area contributed by atoms with Gasteiger partial charge in [-0.3, -0.25) is 0 Å². The van der Waals surface area contributed by atoms with Crippen LogP contribution in [0.1, 0.15) is 30.3 Å². The van der Waals surface area contributed by atoms with Gasteiger partial charge in [-0.1, -0.05) is 0 Å². The maximum absolute atomic E-state index is 12.4. The van der Waals surface area contributed by atoms with E-state index in [0.717, 1.165) is 12.8 Å². The van der Waals surface area contributed by atoms with Crippen LogP contribution in [-0.2, 0) is 14.8 Å². The van der Waals surface area contributed by atoms with Gasteiger partial charge in [-0.15, -0.1) is 0 Å². The fourth-order valence-corrected chi connectivity index (χ4v) is 3.87. The molecule has 8 heteroatoms. The minimum atomic E-state index is -3.75. The van der Waals surface area contributed by atoms with Crippen molar-refractivity contribution in [3.05, 3.63) is 17.9 Å². The number of esters is 1. The van der Waals surface area contributed by atoms with Crippen molar-refractivity contribution in [3.63, 3.8) is 0 Å². The van der Waals surface area contributed by atoms with Crippen LogP contribution in [0.15, 0.2) is 21.6 Å². The quantitative estimate of drug-likeness (QED) is 0.798. The highest BCUT2D eigenvalue weighted by molar-refractivity contribution is 7.89. The Bertz CT molecular complexity index is 580. The molecule has 2 rings (SSSR count). The number of hydrogen-bond donors (Lipinski definition) is 1. The number of hydrogen-bond acceptors (Lipinski definition) is 6. The van der Waals surface area contributed by atoms with E-state index in [-0.39, 0.29) is 30.0 Å². The van der Waals surface area contributed by atoms with Crippen LogP contribution in [0.25, 0.3) is 0 Å². The van der Waals surface area contributed by atoms with Gasteiger partial charge in [0.1, 0.15) is 0 Å². The first kappa shape index (κ1) is 15.0. The van der Waals surface area contributed by atoms with Crippen LogP contribution in [0.2, 0.25) is 0 Å². The van der Waals surface area contributed by atoms with E-state index >= 15 is 0 Å². The first-order chi connectivity index (χ1) is 9.50. The van der Waals surface area contributed by atoms with E-state index in [2.05, 4.69) is 0 Å². The van der Waals surface area contributed by atoms with Crippen molar-refractivity contribution in [3.8, 4) is 0 Å². The highest BCUT2D eigenvalue weighted by Crippen LogP contribution is 2.26. The molecule has 1 fully saturated rings. The summed E-state index contributed by atoms with van der Waals surface area (Å²) in [5, 5.41) is -0.249. The third-order valence-electron chi connectivity index (χ3n) is 3.22. The minimum Gasteiger partial charge on any atom is -0.460 e. The summed E-state index contributed by atoms with van der Waals surface area (Å²) in [7, 11) is -3.75. The van der Waals surface area contributed by atoms with Gasteiger partial charge in [0.25, 0.3) is 10.0 Å². The van der Waals surface area contributed by atoms with Gasteiger partial charge in [-0.25, -0.2) is 13.2 Å². The van der Waals surface area contributed by atoms with Crippen molar-refractivity contribution in [2.75, 3.05) is 19.7 Å². The van der Waals surface area contributed by atoms with Gasteiger partial charge >= 0.3 is 5.97 Å². The molecule has 0 radical (unpaired) electrons. The topological polar surface area (TPSA) is 103 Å². The van der Waals surface area contributed by atoms with Crippen molar-refractivity contribution < 1.29 is 22.4 Å². The molecular formula is C12H18N2O5S.